The molecule has 0 bridgehead atoms. The summed E-state index contributed by atoms with van der Waals surface area (Å²) in [5.74, 6) is -0.0736. The number of hydrogen-bond donors (Lipinski definition) is 1. The van der Waals surface area contributed by atoms with Crippen LogP contribution in [0, 0.1) is 5.41 Å². The second-order valence-electron chi connectivity index (χ2n) is 7.02. The average Bonchev–Trinajstić information content (AvgIpc) is 1.94. The minimum absolute atomic E-state index is 0.0337. The van der Waals surface area contributed by atoms with E-state index < -0.39 is 5.54 Å². The van der Waals surface area contributed by atoms with Crippen LogP contribution in [0.1, 0.15) is 54.4 Å². The zero-order valence-corrected chi connectivity index (χ0v) is 11.8. The van der Waals surface area contributed by atoms with Crippen molar-refractivity contribution in [2.24, 2.45) is 5.41 Å². The zero-order valence-electron chi connectivity index (χ0n) is 11.8. The molecule has 3 amide bonds. The van der Waals surface area contributed by atoms with Crippen LogP contribution in [-0.4, -0.2) is 28.4 Å². The summed E-state index contributed by atoms with van der Waals surface area (Å²) in [5, 5.41) is 2.93. The smallest absolute Gasteiger partial charge is 0.324 e. The quantitative estimate of drug-likeness (QED) is 0.765. The van der Waals surface area contributed by atoms with Crippen LogP contribution < -0.4 is 5.32 Å². The van der Waals surface area contributed by atoms with Crippen molar-refractivity contribution in [3.05, 3.63) is 0 Å². The Labute approximate surface area is 104 Å². The third-order valence-electron chi connectivity index (χ3n) is 2.73. The van der Waals surface area contributed by atoms with Crippen molar-refractivity contribution in [3.63, 3.8) is 0 Å². The molecular weight excluding hydrogens is 216 g/mol. The number of carbonyl (C=O) groups is 2. The van der Waals surface area contributed by atoms with Crippen LogP contribution >= 0.6 is 0 Å². The Morgan fingerprint density at radius 2 is 1.71 bits per heavy atom. The predicted molar refractivity (Wildman–Crippen MR) is 67.6 cm³/mol. The largest absolute Gasteiger partial charge is 0.334 e. The molecule has 0 radical (unpaired) electrons. The van der Waals surface area contributed by atoms with Gasteiger partial charge in [-0.15, -0.1) is 0 Å². The second-order valence-corrected chi connectivity index (χ2v) is 7.02. The molecule has 1 aliphatic heterocycles. The van der Waals surface area contributed by atoms with Crippen LogP contribution in [-0.2, 0) is 4.79 Å². The summed E-state index contributed by atoms with van der Waals surface area (Å²) >= 11 is 0. The van der Waals surface area contributed by atoms with Gasteiger partial charge in [0.25, 0.3) is 0 Å². The van der Waals surface area contributed by atoms with E-state index >= 15 is 0 Å². The van der Waals surface area contributed by atoms with Crippen LogP contribution in [0.25, 0.3) is 0 Å². The topological polar surface area (TPSA) is 49.4 Å². The third kappa shape index (κ3) is 3.72. The van der Waals surface area contributed by atoms with Gasteiger partial charge in [-0.1, -0.05) is 20.8 Å². The Morgan fingerprint density at radius 1 is 1.18 bits per heavy atom. The Hall–Kier alpha value is -1.06. The summed E-state index contributed by atoms with van der Waals surface area (Å²) in [4.78, 5) is 25.3. The summed E-state index contributed by atoms with van der Waals surface area (Å²) in [7, 11) is 0. The lowest BCUT2D eigenvalue weighted by Crippen LogP contribution is -2.61. The van der Waals surface area contributed by atoms with E-state index in [1.54, 1.807) is 0 Å². The van der Waals surface area contributed by atoms with Gasteiger partial charge in [0.2, 0.25) is 5.91 Å². The minimum atomic E-state index is -0.451. The highest BCUT2D eigenvalue weighted by molar-refractivity contribution is 5.98. The van der Waals surface area contributed by atoms with Crippen molar-refractivity contribution < 1.29 is 9.59 Å². The van der Waals surface area contributed by atoms with Gasteiger partial charge < -0.3 is 5.32 Å². The lowest BCUT2D eigenvalue weighted by Gasteiger charge is -2.40. The maximum Gasteiger partial charge on any atom is 0.324 e. The first-order valence-electron chi connectivity index (χ1n) is 6.14. The van der Waals surface area contributed by atoms with Crippen LogP contribution in [0.4, 0.5) is 4.79 Å². The van der Waals surface area contributed by atoms with Gasteiger partial charge in [0.05, 0.1) is 0 Å². The normalized spacial score (nSPS) is 22.7. The molecule has 1 atom stereocenters. The van der Waals surface area contributed by atoms with Crippen molar-refractivity contribution in [2.75, 3.05) is 0 Å². The van der Waals surface area contributed by atoms with Crippen LogP contribution in [0.5, 0.6) is 0 Å². The minimum Gasteiger partial charge on any atom is -0.334 e. The van der Waals surface area contributed by atoms with Crippen molar-refractivity contribution in [1.82, 2.24) is 10.2 Å². The van der Waals surface area contributed by atoms with Gasteiger partial charge in [0.15, 0.2) is 0 Å². The molecule has 0 saturated carbocycles. The van der Waals surface area contributed by atoms with E-state index in [4.69, 9.17) is 0 Å². The van der Waals surface area contributed by atoms with E-state index in [1.165, 1.54) is 4.90 Å². The summed E-state index contributed by atoms with van der Waals surface area (Å²) in [5.41, 5.74) is -0.337. The second kappa shape index (κ2) is 4.31. The zero-order chi connectivity index (χ0) is 13.4. The molecule has 1 heterocycles. The van der Waals surface area contributed by atoms with Gasteiger partial charge in [-0.25, -0.2) is 4.79 Å². The average molecular weight is 240 g/mol. The van der Waals surface area contributed by atoms with E-state index in [0.717, 1.165) is 6.42 Å². The summed E-state index contributed by atoms with van der Waals surface area (Å²) in [6.45, 7) is 11.9. The molecule has 0 aromatic rings. The molecule has 1 unspecified atom stereocenters. The van der Waals surface area contributed by atoms with E-state index in [2.05, 4.69) is 26.1 Å². The fourth-order valence-corrected chi connectivity index (χ4v) is 2.25. The first-order chi connectivity index (χ1) is 7.50. The maximum absolute atomic E-state index is 12.0. The molecular formula is C13H24N2O2. The number of nitrogens with one attached hydrogen (secondary N) is 1. The van der Waals surface area contributed by atoms with Crippen LogP contribution in [0.15, 0.2) is 0 Å². The number of carbonyl (C=O) groups excluding carboxylic acids is 2. The van der Waals surface area contributed by atoms with Gasteiger partial charge >= 0.3 is 6.03 Å². The van der Waals surface area contributed by atoms with E-state index in [1.807, 2.05) is 20.8 Å². The van der Waals surface area contributed by atoms with Gasteiger partial charge in [0, 0.05) is 18.0 Å². The molecule has 1 fully saturated rings. The summed E-state index contributed by atoms with van der Waals surface area (Å²) in [6, 6.07) is -0.295. The number of urea groups is 1. The van der Waals surface area contributed by atoms with Crippen molar-refractivity contribution in [2.45, 2.75) is 66.0 Å². The molecule has 17 heavy (non-hydrogen) atoms. The molecule has 1 saturated heterocycles. The number of nitrogens with zero attached hydrogens (tertiary/aromatic N) is 1. The van der Waals surface area contributed by atoms with Gasteiger partial charge in [-0.05, 0) is 32.6 Å². The molecule has 4 heteroatoms. The number of amides is 3. The van der Waals surface area contributed by atoms with Gasteiger partial charge in [0.1, 0.15) is 0 Å². The maximum atomic E-state index is 12.0. The Bertz CT molecular complexity index is 305. The standard InChI is InChI=1S/C13H24N2O2/c1-12(2,3)8-9-7-10(16)15(11(17)14-9)13(4,5)6/h9H,7-8H2,1-6H3,(H,14,17). The number of hydrogen-bond acceptors (Lipinski definition) is 2. The van der Waals surface area contributed by atoms with Gasteiger partial charge in [-0.2, -0.15) is 0 Å². The molecule has 4 nitrogen and oxygen atoms in total. The van der Waals surface area contributed by atoms with Crippen molar-refractivity contribution in [3.8, 4) is 0 Å². The Kier molecular flexibility index (Phi) is 3.55. The highest BCUT2D eigenvalue weighted by Crippen LogP contribution is 2.26. The third-order valence-corrected chi connectivity index (χ3v) is 2.73. The lowest BCUT2D eigenvalue weighted by atomic mass is 9.86. The van der Waals surface area contributed by atoms with Crippen LogP contribution in [0.2, 0.25) is 0 Å². The summed E-state index contributed by atoms with van der Waals surface area (Å²) < 4.78 is 0. The highest BCUT2D eigenvalue weighted by Gasteiger charge is 2.39. The molecule has 0 spiro atoms. The Morgan fingerprint density at radius 3 is 2.06 bits per heavy atom. The van der Waals surface area contributed by atoms with Crippen molar-refractivity contribution in [1.29, 1.82) is 0 Å². The van der Waals surface area contributed by atoms with Gasteiger partial charge in [-0.3, -0.25) is 9.69 Å². The highest BCUT2D eigenvalue weighted by atomic mass is 16.2. The number of imide groups is 1. The van der Waals surface area contributed by atoms with E-state index in [0.29, 0.717) is 6.42 Å². The van der Waals surface area contributed by atoms with Crippen molar-refractivity contribution >= 4 is 11.9 Å². The number of rotatable bonds is 1. The molecule has 0 aromatic carbocycles. The summed E-state index contributed by atoms with van der Waals surface area (Å²) in [6.07, 6.45) is 1.22. The molecule has 1 rings (SSSR count). The Balaban J connectivity index is 2.75. The van der Waals surface area contributed by atoms with Crippen LogP contribution in [0.3, 0.4) is 0 Å². The molecule has 0 aliphatic carbocycles. The van der Waals surface area contributed by atoms with E-state index in [-0.39, 0.29) is 23.4 Å². The molecule has 98 valence electrons. The van der Waals surface area contributed by atoms with E-state index in [9.17, 15) is 9.59 Å². The first kappa shape index (κ1) is 14.0. The molecule has 1 N–H and O–H groups in total. The first-order valence-corrected chi connectivity index (χ1v) is 6.14. The molecule has 1 aliphatic rings. The SMILES string of the molecule is CC(C)(C)CC1CC(=O)N(C(C)(C)C)C(=O)N1. The molecule has 0 aromatic heterocycles. The monoisotopic (exact) mass is 240 g/mol. The predicted octanol–water partition coefficient (Wildman–Crippen LogP) is 2.53. The fraction of sp³-hybridized carbons (Fsp3) is 0.846. The lowest BCUT2D eigenvalue weighted by molar-refractivity contribution is -0.134. The fourth-order valence-electron chi connectivity index (χ4n) is 2.25.